The van der Waals surface area contributed by atoms with Gasteiger partial charge >= 0.3 is 0 Å². The fourth-order valence-corrected chi connectivity index (χ4v) is 1.48. The topological polar surface area (TPSA) is 35.3 Å². The van der Waals surface area contributed by atoms with Crippen LogP contribution in [-0.4, -0.2) is 11.6 Å². The predicted octanol–water partition coefficient (Wildman–Crippen LogP) is 3.48. The van der Waals surface area contributed by atoms with Crippen molar-refractivity contribution in [1.29, 1.82) is 0 Å². The molecule has 4 heteroatoms. The SMILES string of the molecule is CCOc1ccc(-c2nc(CCl)co2)cc1. The second-order valence-electron chi connectivity index (χ2n) is 3.24. The zero-order valence-corrected chi connectivity index (χ0v) is 9.70. The molecule has 0 saturated carbocycles. The van der Waals surface area contributed by atoms with Crippen LogP contribution in [0, 0.1) is 0 Å². The molecule has 84 valence electrons. The third kappa shape index (κ3) is 2.36. The third-order valence-corrected chi connectivity index (χ3v) is 2.37. The van der Waals surface area contributed by atoms with E-state index in [-0.39, 0.29) is 0 Å². The summed E-state index contributed by atoms with van der Waals surface area (Å²) in [5.74, 6) is 1.79. The summed E-state index contributed by atoms with van der Waals surface area (Å²) in [5.41, 5.74) is 1.66. The minimum absolute atomic E-state index is 0.362. The Kier molecular flexibility index (Phi) is 3.47. The monoisotopic (exact) mass is 237 g/mol. The molecule has 0 unspecified atom stereocenters. The number of aromatic nitrogens is 1. The van der Waals surface area contributed by atoms with E-state index < -0.39 is 0 Å². The van der Waals surface area contributed by atoms with Crippen LogP contribution in [0.1, 0.15) is 12.6 Å². The first kappa shape index (κ1) is 11.0. The molecule has 3 nitrogen and oxygen atoms in total. The molecule has 0 aliphatic rings. The Bertz CT molecular complexity index is 450. The molecular weight excluding hydrogens is 226 g/mol. The van der Waals surface area contributed by atoms with Gasteiger partial charge in [-0.3, -0.25) is 0 Å². The minimum atomic E-state index is 0.362. The van der Waals surface area contributed by atoms with Gasteiger partial charge in [0, 0.05) is 5.56 Å². The van der Waals surface area contributed by atoms with Gasteiger partial charge in [-0.15, -0.1) is 11.6 Å². The number of rotatable bonds is 4. The molecule has 0 radical (unpaired) electrons. The van der Waals surface area contributed by atoms with Gasteiger partial charge in [-0.1, -0.05) is 0 Å². The fourth-order valence-electron chi connectivity index (χ4n) is 1.36. The zero-order chi connectivity index (χ0) is 11.4. The number of hydrogen-bond donors (Lipinski definition) is 0. The van der Waals surface area contributed by atoms with E-state index in [2.05, 4.69) is 4.98 Å². The summed E-state index contributed by atoms with van der Waals surface area (Å²) in [5, 5.41) is 0. The Hall–Kier alpha value is -1.48. The van der Waals surface area contributed by atoms with Crippen LogP contribution in [0.2, 0.25) is 0 Å². The maximum absolute atomic E-state index is 5.65. The van der Waals surface area contributed by atoms with Crippen molar-refractivity contribution in [2.24, 2.45) is 0 Å². The number of nitrogens with zero attached hydrogens (tertiary/aromatic N) is 1. The number of hydrogen-bond acceptors (Lipinski definition) is 3. The van der Waals surface area contributed by atoms with Crippen molar-refractivity contribution in [3.05, 3.63) is 36.2 Å². The normalized spacial score (nSPS) is 10.4. The Labute approximate surface area is 99.0 Å². The second-order valence-corrected chi connectivity index (χ2v) is 3.50. The van der Waals surface area contributed by atoms with Gasteiger partial charge < -0.3 is 9.15 Å². The maximum atomic E-state index is 5.65. The molecule has 1 aromatic carbocycles. The number of ether oxygens (including phenoxy) is 1. The highest BCUT2D eigenvalue weighted by molar-refractivity contribution is 6.16. The zero-order valence-electron chi connectivity index (χ0n) is 8.94. The van der Waals surface area contributed by atoms with E-state index in [4.69, 9.17) is 20.8 Å². The van der Waals surface area contributed by atoms with E-state index in [0.29, 0.717) is 18.4 Å². The average Bonchev–Trinajstić information content (AvgIpc) is 2.79. The Morgan fingerprint density at radius 2 is 2.06 bits per heavy atom. The van der Waals surface area contributed by atoms with Crippen molar-refractivity contribution < 1.29 is 9.15 Å². The molecule has 0 N–H and O–H groups in total. The molecule has 1 heterocycles. The van der Waals surface area contributed by atoms with Crippen LogP contribution >= 0.6 is 11.6 Å². The minimum Gasteiger partial charge on any atom is -0.494 e. The summed E-state index contributed by atoms with van der Waals surface area (Å²) in [6.07, 6.45) is 1.57. The molecule has 0 aliphatic heterocycles. The van der Waals surface area contributed by atoms with Gasteiger partial charge in [-0.25, -0.2) is 4.98 Å². The van der Waals surface area contributed by atoms with Crippen LogP contribution in [0.3, 0.4) is 0 Å². The predicted molar refractivity (Wildman–Crippen MR) is 62.7 cm³/mol. The molecule has 0 amide bonds. The van der Waals surface area contributed by atoms with Gasteiger partial charge in [0.1, 0.15) is 12.0 Å². The number of benzene rings is 1. The highest BCUT2D eigenvalue weighted by Crippen LogP contribution is 2.22. The summed E-state index contributed by atoms with van der Waals surface area (Å²) < 4.78 is 10.7. The second kappa shape index (κ2) is 5.03. The van der Waals surface area contributed by atoms with E-state index in [0.717, 1.165) is 17.0 Å². The molecule has 16 heavy (non-hydrogen) atoms. The lowest BCUT2D eigenvalue weighted by Gasteiger charge is -2.02. The molecule has 0 aliphatic carbocycles. The van der Waals surface area contributed by atoms with Crippen LogP contribution in [0.4, 0.5) is 0 Å². The van der Waals surface area contributed by atoms with E-state index in [1.807, 2.05) is 31.2 Å². The number of halogens is 1. The molecule has 2 aromatic rings. The van der Waals surface area contributed by atoms with Crippen LogP contribution < -0.4 is 4.74 Å². The third-order valence-electron chi connectivity index (χ3n) is 2.10. The molecule has 0 fully saturated rings. The molecule has 1 aromatic heterocycles. The number of oxazole rings is 1. The van der Waals surface area contributed by atoms with Gasteiger partial charge in [-0.2, -0.15) is 0 Å². The largest absolute Gasteiger partial charge is 0.494 e. The lowest BCUT2D eigenvalue weighted by atomic mass is 10.2. The molecule has 0 saturated heterocycles. The van der Waals surface area contributed by atoms with Crippen molar-refractivity contribution in [3.8, 4) is 17.2 Å². The highest BCUT2D eigenvalue weighted by Gasteiger charge is 2.05. The van der Waals surface area contributed by atoms with Crippen molar-refractivity contribution in [2.45, 2.75) is 12.8 Å². The molecule has 0 spiro atoms. The van der Waals surface area contributed by atoms with Crippen LogP contribution in [0.15, 0.2) is 34.9 Å². The summed E-state index contributed by atoms with van der Waals surface area (Å²) in [4.78, 5) is 4.24. The molecule has 0 atom stereocenters. The van der Waals surface area contributed by atoms with E-state index in [1.54, 1.807) is 6.26 Å². The smallest absolute Gasteiger partial charge is 0.226 e. The number of alkyl halides is 1. The van der Waals surface area contributed by atoms with Crippen molar-refractivity contribution >= 4 is 11.6 Å². The first-order valence-electron chi connectivity index (χ1n) is 5.07. The maximum Gasteiger partial charge on any atom is 0.226 e. The van der Waals surface area contributed by atoms with E-state index in [9.17, 15) is 0 Å². The van der Waals surface area contributed by atoms with Gasteiger partial charge in [0.25, 0.3) is 0 Å². The Morgan fingerprint density at radius 1 is 1.31 bits per heavy atom. The summed E-state index contributed by atoms with van der Waals surface area (Å²) in [7, 11) is 0. The lowest BCUT2D eigenvalue weighted by molar-refractivity contribution is 0.340. The van der Waals surface area contributed by atoms with Crippen LogP contribution in [-0.2, 0) is 5.88 Å². The van der Waals surface area contributed by atoms with Gasteiger partial charge in [0.15, 0.2) is 0 Å². The molecule has 0 bridgehead atoms. The van der Waals surface area contributed by atoms with Crippen molar-refractivity contribution in [3.63, 3.8) is 0 Å². The summed E-state index contributed by atoms with van der Waals surface area (Å²) in [6.45, 7) is 2.61. The quantitative estimate of drug-likeness (QED) is 0.764. The fraction of sp³-hybridized carbons (Fsp3) is 0.250. The first-order valence-corrected chi connectivity index (χ1v) is 5.60. The Morgan fingerprint density at radius 3 is 2.62 bits per heavy atom. The van der Waals surface area contributed by atoms with Gasteiger partial charge in [-0.05, 0) is 31.2 Å². The molecular formula is C12H12ClNO2. The highest BCUT2D eigenvalue weighted by atomic mass is 35.5. The van der Waals surface area contributed by atoms with Crippen molar-refractivity contribution in [2.75, 3.05) is 6.61 Å². The van der Waals surface area contributed by atoms with Crippen LogP contribution in [0.5, 0.6) is 5.75 Å². The standard InChI is InChI=1S/C12H12ClNO2/c1-2-15-11-5-3-9(4-6-11)12-14-10(7-13)8-16-12/h3-6,8H,2,7H2,1H3. The Balaban J connectivity index is 2.20. The summed E-state index contributed by atoms with van der Waals surface area (Å²) >= 11 is 5.65. The van der Waals surface area contributed by atoms with Crippen molar-refractivity contribution in [1.82, 2.24) is 4.98 Å². The summed E-state index contributed by atoms with van der Waals surface area (Å²) in [6, 6.07) is 7.61. The van der Waals surface area contributed by atoms with Gasteiger partial charge in [0.05, 0.1) is 18.2 Å². The van der Waals surface area contributed by atoms with E-state index >= 15 is 0 Å². The van der Waals surface area contributed by atoms with Gasteiger partial charge in [0.2, 0.25) is 5.89 Å². The van der Waals surface area contributed by atoms with E-state index in [1.165, 1.54) is 0 Å². The van der Waals surface area contributed by atoms with Crippen LogP contribution in [0.25, 0.3) is 11.5 Å². The molecule has 2 rings (SSSR count). The lowest BCUT2D eigenvalue weighted by Crippen LogP contribution is -1.90. The average molecular weight is 238 g/mol. The first-order chi connectivity index (χ1) is 7.83.